The van der Waals surface area contributed by atoms with Crippen LogP contribution >= 0.6 is 22.6 Å². The lowest BCUT2D eigenvalue weighted by atomic mass is 10.2. The monoisotopic (exact) mass is 355 g/mol. The number of aromatic nitrogens is 2. The summed E-state index contributed by atoms with van der Waals surface area (Å²) in [6, 6.07) is 9.28. The van der Waals surface area contributed by atoms with E-state index in [0.29, 0.717) is 11.4 Å². The van der Waals surface area contributed by atoms with E-state index in [9.17, 15) is 4.79 Å². The van der Waals surface area contributed by atoms with Gasteiger partial charge in [0.05, 0.1) is 0 Å². The second kappa shape index (κ2) is 5.99. The molecule has 2 aromatic rings. The van der Waals surface area contributed by atoms with Gasteiger partial charge in [0, 0.05) is 20.9 Å². The summed E-state index contributed by atoms with van der Waals surface area (Å²) in [5.41, 5.74) is 1.67. The minimum absolute atomic E-state index is 0.138. The van der Waals surface area contributed by atoms with Gasteiger partial charge in [0.1, 0.15) is 0 Å². The number of aromatic amines is 1. The Balaban J connectivity index is 2.04. The molecule has 1 aromatic heterocycles. The van der Waals surface area contributed by atoms with Crippen LogP contribution in [0, 0.1) is 3.57 Å². The lowest BCUT2D eigenvalue weighted by Gasteiger charge is -2.01. The van der Waals surface area contributed by atoms with Gasteiger partial charge < -0.3 is 5.32 Å². The predicted octanol–water partition coefficient (Wildman–Crippen LogP) is 3.22. The van der Waals surface area contributed by atoms with Gasteiger partial charge in [-0.3, -0.25) is 9.89 Å². The molecule has 0 atom stereocenters. The van der Waals surface area contributed by atoms with Gasteiger partial charge in [-0.25, -0.2) is 0 Å². The molecule has 0 aliphatic rings. The molecule has 0 unspecified atom stereocenters. The summed E-state index contributed by atoms with van der Waals surface area (Å²) in [5.74, 6) is 0.433. The van der Waals surface area contributed by atoms with Crippen molar-refractivity contribution >= 4 is 34.3 Å². The summed E-state index contributed by atoms with van der Waals surface area (Å²) in [4.78, 5) is 11.9. The fourth-order valence-corrected chi connectivity index (χ4v) is 1.97. The quantitative estimate of drug-likeness (QED) is 0.828. The largest absolute Gasteiger partial charge is 0.305 e. The fraction of sp³-hybridized carbons (Fsp3) is 0.231. The fourth-order valence-electron chi connectivity index (χ4n) is 1.61. The van der Waals surface area contributed by atoms with E-state index >= 15 is 0 Å². The molecule has 1 amide bonds. The second-order valence-electron chi connectivity index (χ2n) is 3.99. The molecule has 0 aliphatic heterocycles. The average Bonchev–Trinajstić information content (AvgIpc) is 2.78. The molecule has 18 heavy (non-hydrogen) atoms. The molecule has 0 spiro atoms. The molecule has 1 aromatic carbocycles. The first-order valence-electron chi connectivity index (χ1n) is 5.80. The maximum Gasteiger partial charge on any atom is 0.256 e. The van der Waals surface area contributed by atoms with Crippen molar-refractivity contribution in [3.63, 3.8) is 0 Å². The molecule has 0 bridgehead atoms. The molecule has 94 valence electrons. The minimum atomic E-state index is -0.138. The third-order valence-corrected chi connectivity index (χ3v) is 3.22. The molecular weight excluding hydrogens is 341 g/mol. The van der Waals surface area contributed by atoms with Crippen LogP contribution in [0.2, 0.25) is 0 Å². The number of H-pyrrole nitrogens is 1. The van der Waals surface area contributed by atoms with Crippen molar-refractivity contribution in [3.8, 4) is 0 Å². The lowest BCUT2D eigenvalue weighted by molar-refractivity contribution is 0.102. The highest BCUT2D eigenvalue weighted by Crippen LogP contribution is 2.11. The molecule has 0 radical (unpaired) electrons. The molecule has 0 saturated heterocycles. The Bertz CT molecular complexity index is 533. The number of carbonyl (C=O) groups is 1. The molecule has 0 saturated carbocycles. The molecule has 0 aliphatic carbocycles. The smallest absolute Gasteiger partial charge is 0.256 e. The van der Waals surface area contributed by atoms with Gasteiger partial charge in [0.15, 0.2) is 5.82 Å². The summed E-state index contributed by atoms with van der Waals surface area (Å²) < 4.78 is 1.11. The first kappa shape index (κ1) is 13.1. The molecule has 2 N–H and O–H groups in total. The highest BCUT2D eigenvalue weighted by atomic mass is 127. The Morgan fingerprint density at radius 1 is 1.39 bits per heavy atom. The number of nitrogens with zero attached hydrogens (tertiary/aromatic N) is 1. The molecule has 1 heterocycles. The van der Waals surface area contributed by atoms with Gasteiger partial charge >= 0.3 is 0 Å². The standard InChI is InChI=1S/C13H14IN3O/c1-2-3-11-8-12(17-16-11)15-13(18)9-4-6-10(14)7-5-9/h4-8H,2-3H2,1H3,(H2,15,16,17,18). The summed E-state index contributed by atoms with van der Waals surface area (Å²) in [5, 5.41) is 9.74. The highest BCUT2D eigenvalue weighted by Gasteiger charge is 2.08. The number of benzene rings is 1. The number of nitrogens with one attached hydrogen (secondary N) is 2. The van der Waals surface area contributed by atoms with Crippen LogP contribution in [0.3, 0.4) is 0 Å². The number of amides is 1. The SMILES string of the molecule is CCCc1cc(NC(=O)c2ccc(I)cc2)n[nH]1. The van der Waals surface area contributed by atoms with Crippen molar-refractivity contribution < 1.29 is 4.79 Å². The van der Waals surface area contributed by atoms with Gasteiger partial charge in [-0.1, -0.05) is 13.3 Å². The van der Waals surface area contributed by atoms with Gasteiger partial charge in [-0.05, 0) is 53.3 Å². The topological polar surface area (TPSA) is 57.8 Å². The van der Waals surface area contributed by atoms with Crippen LogP contribution in [0.5, 0.6) is 0 Å². The maximum atomic E-state index is 11.9. The Morgan fingerprint density at radius 2 is 2.11 bits per heavy atom. The van der Waals surface area contributed by atoms with Gasteiger partial charge in [-0.2, -0.15) is 5.10 Å². The molecule has 4 nitrogen and oxygen atoms in total. The van der Waals surface area contributed by atoms with Crippen LogP contribution in [0.4, 0.5) is 5.82 Å². The molecule has 2 rings (SSSR count). The zero-order valence-electron chi connectivity index (χ0n) is 10.0. The number of hydrogen-bond acceptors (Lipinski definition) is 2. The van der Waals surface area contributed by atoms with Crippen molar-refractivity contribution in [1.29, 1.82) is 0 Å². The van der Waals surface area contributed by atoms with E-state index in [2.05, 4.69) is 45.0 Å². The lowest BCUT2D eigenvalue weighted by Crippen LogP contribution is -2.11. The van der Waals surface area contributed by atoms with Crippen molar-refractivity contribution in [2.24, 2.45) is 0 Å². The van der Waals surface area contributed by atoms with Crippen molar-refractivity contribution in [1.82, 2.24) is 10.2 Å². The van der Waals surface area contributed by atoms with Crippen LogP contribution in [0.15, 0.2) is 30.3 Å². The number of hydrogen-bond donors (Lipinski definition) is 2. The summed E-state index contributed by atoms with van der Waals surface area (Å²) in [6.45, 7) is 2.10. The minimum Gasteiger partial charge on any atom is -0.305 e. The van der Waals surface area contributed by atoms with E-state index in [1.807, 2.05) is 18.2 Å². The highest BCUT2D eigenvalue weighted by molar-refractivity contribution is 14.1. The van der Waals surface area contributed by atoms with Gasteiger partial charge in [-0.15, -0.1) is 0 Å². The zero-order valence-corrected chi connectivity index (χ0v) is 12.2. The van der Waals surface area contributed by atoms with E-state index in [1.165, 1.54) is 0 Å². The Labute approximate surface area is 119 Å². The number of rotatable bonds is 4. The van der Waals surface area contributed by atoms with Gasteiger partial charge in [0.25, 0.3) is 5.91 Å². The molecule has 0 fully saturated rings. The predicted molar refractivity (Wildman–Crippen MR) is 79.7 cm³/mol. The number of carbonyl (C=O) groups excluding carboxylic acids is 1. The van der Waals surface area contributed by atoms with Crippen molar-refractivity contribution in [2.45, 2.75) is 19.8 Å². The Kier molecular flexibility index (Phi) is 4.35. The van der Waals surface area contributed by atoms with Crippen LogP contribution in [-0.4, -0.2) is 16.1 Å². The zero-order chi connectivity index (χ0) is 13.0. The van der Waals surface area contributed by atoms with E-state index in [1.54, 1.807) is 12.1 Å². The van der Waals surface area contributed by atoms with Crippen LogP contribution < -0.4 is 5.32 Å². The summed E-state index contributed by atoms with van der Waals surface area (Å²) in [7, 11) is 0. The van der Waals surface area contributed by atoms with Crippen molar-refractivity contribution in [2.75, 3.05) is 5.32 Å². The average molecular weight is 355 g/mol. The van der Waals surface area contributed by atoms with Crippen LogP contribution in [0.1, 0.15) is 29.4 Å². The van der Waals surface area contributed by atoms with E-state index in [4.69, 9.17) is 0 Å². The molecular formula is C13H14IN3O. The Hall–Kier alpha value is -1.37. The second-order valence-corrected chi connectivity index (χ2v) is 5.24. The molecule has 5 heteroatoms. The summed E-state index contributed by atoms with van der Waals surface area (Å²) >= 11 is 2.21. The Morgan fingerprint density at radius 3 is 2.78 bits per heavy atom. The normalized spacial score (nSPS) is 10.3. The first-order valence-corrected chi connectivity index (χ1v) is 6.88. The third kappa shape index (κ3) is 3.32. The maximum absolute atomic E-state index is 11.9. The van der Waals surface area contributed by atoms with E-state index in [0.717, 1.165) is 22.1 Å². The number of halogens is 1. The van der Waals surface area contributed by atoms with Gasteiger partial charge in [0.2, 0.25) is 0 Å². The number of anilines is 1. The van der Waals surface area contributed by atoms with E-state index in [-0.39, 0.29) is 5.91 Å². The summed E-state index contributed by atoms with van der Waals surface area (Å²) in [6.07, 6.45) is 1.99. The third-order valence-electron chi connectivity index (χ3n) is 2.50. The van der Waals surface area contributed by atoms with Crippen LogP contribution in [-0.2, 0) is 6.42 Å². The van der Waals surface area contributed by atoms with Crippen LogP contribution in [0.25, 0.3) is 0 Å². The number of aryl methyl sites for hydroxylation is 1. The van der Waals surface area contributed by atoms with E-state index < -0.39 is 0 Å². The van der Waals surface area contributed by atoms with Crippen molar-refractivity contribution in [3.05, 3.63) is 45.2 Å². The first-order chi connectivity index (χ1) is 8.69.